The molecule has 0 spiro atoms. The van der Waals surface area contributed by atoms with Crippen molar-refractivity contribution in [3.05, 3.63) is 69.8 Å². The molecule has 2 aliphatic rings. The minimum atomic E-state index is -1.20. The van der Waals surface area contributed by atoms with E-state index in [0.29, 0.717) is 47.4 Å². The van der Waals surface area contributed by atoms with Crippen LogP contribution in [0.2, 0.25) is 10.0 Å². The largest absolute Gasteiger partial charge is 0.396 e. The third-order valence-electron chi connectivity index (χ3n) is 6.55. The number of nitrogens with zero attached hydrogens (tertiary/aromatic N) is 4. The van der Waals surface area contributed by atoms with Crippen molar-refractivity contribution in [2.75, 3.05) is 24.6 Å². The number of carbonyl (C=O) groups excluding carboxylic acids is 1. The van der Waals surface area contributed by atoms with Gasteiger partial charge in [0.25, 0.3) is 0 Å². The van der Waals surface area contributed by atoms with E-state index in [9.17, 15) is 15.0 Å². The van der Waals surface area contributed by atoms with Gasteiger partial charge >= 0.3 is 0 Å². The summed E-state index contributed by atoms with van der Waals surface area (Å²) in [7, 11) is 0. The fraction of sp³-hybridized carbons (Fsp3) is 0.360. The number of aliphatic hydroxyl groups is 2. The maximum absolute atomic E-state index is 13.5. The smallest absolute Gasteiger partial charge is 0.247 e. The minimum Gasteiger partial charge on any atom is -0.396 e. The topological polar surface area (TPSA) is 81.8 Å². The number of amides is 1. The van der Waals surface area contributed by atoms with Crippen LogP contribution in [-0.2, 0) is 11.3 Å². The molecule has 1 saturated heterocycles. The van der Waals surface area contributed by atoms with Gasteiger partial charge in [-0.25, -0.2) is 0 Å². The van der Waals surface area contributed by atoms with Gasteiger partial charge in [-0.05, 0) is 43.0 Å². The minimum absolute atomic E-state index is 0.0628. The molecule has 5 rings (SSSR count). The highest BCUT2D eigenvalue weighted by atomic mass is 35.5. The lowest BCUT2D eigenvalue weighted by atomic mass is 10.1. The monoisotopic (exact) mass is 500 g/mol. The van der Waals surface area contributed by atoms with Crippen molar-refractivity contribution in [3.63, 3.8) is 0 Å². The highest BCUT2D eigenvalue weighted by Gasteiger charge is 2.45. The quantitative estimate of drug-likeness (QED) is 0.532. The van der Waals surface area contributed by atoms with E-state index in [1.807, 2.05) is 48.5 Å². The molecule has 1 unspecified atom stereocenters. The van der Waals surface area contributed by atoms with Crippen LogP contribution in [0.1, 0.15) is 36.7 Å². The van der Waals surface area contributed by atoms with E-state index in [-0.39, 0.29) is 25.1 Å². The molecule has 1 fully saturated rings. The van der Waals surface area contributed by atoms with Crippen LogP contribution in [0.5, 0.6) is 0 Å². The summed E-state index contributed by atoms with van der Waals surface area (Å²) in [5.74, 6) is -0.127. The molecular weight excluding hydrogens is 475 g/mol. The van der Waals surface area contributed by atoms with Crippen molar-refractivity contribution in [2.24, 2.45) is 0 Å². The van der Waals surface area contributed by atoms with E-state index < -0.39 is 6.23 Å². The zero-order valence-corrected chi connectivity index (χ0v) is 20.1. The molecule has 1 amide bonds. The number of aromatic nitrogens is 2. The second kappa shape index (κ2) is 9.58. The van der Waals surface area contributed by atoms with Gasteiger partial charge in [-0.1, -0.05) is 53.5 Å². The summed E-state index contributed by atoms with van der Waals surface area (Å²) < 4.78 is 1.77. The van der Waals surface area contributed by atoms with Gasteiger partial charge in [0, 0.05) is 30.3 Å². The van der Waals surface area contributed by atoms with Gasteiger partial charge in [-0.2, -0.15) is 5.10 Å². The number of rotatable bonds is 6. The van der Waals surface area contributed by atoms with Crippen LogP contribution in [0.15, 0.2) is 48.5 Å². The van der Waals surface area contributed by atoms with Crippen molar-refractivity contribution in [1.82, 2.24) is 14.7 Å². The molecule has 0 radical (unpaired) electrons. The zero-order chi connectivity index (χ0) is 23.8. The number of benzene rings is 2. The maximum Gasteiger partial charge on any atom is 0.247 e. The van der Waals surface area contributed by atoms with Crippen molar-refractivity contribution < 1.29 is 15.0 Å². The summed E-state index contributed by atoms with van der Waals surface area (Å²) in [5.41, 5.74) is 3.67. The van der Waals surface area contributed by atoms with Crippen LogP contribution in [0.25, 0.3) is 11.3 Å². The lowest BCUT2D eigenvalue weighted by molar-refractivity contribution is -0.143. The normalized spacial score (nSPS) is 19.8. The van der Waals surface area contributed by atoms with Gasteiger partial charge in [-0.15, -0.1) is 0 Å². The SMILES string of the molecule is O=C1C2CCCN2c2c(-c3ccccc3Cl)nn(Cc3ccc(Cl)cc3)c2[C@@H](O)N1CCCO. The van der Waals surface area contributed by atoms with E-state index in [4.69, 9.17) is 28.3 Å². The molecule has 2 N–H and O–H groups in total. The van der Waals surface area contributed by atoms with E-state index in [1.165, 1.54) is 4.90 Å². The molecule has 1 aromatic heterocycles. The molecule has 178 valence electrons. The van der Waals surface area contributed by atoms with E-state index in [2.05, 4.69) is 4.90 Å². The van der Waals surface area contributed by atoms with E-state index in [0.717, 1.165) is 23.2 Å². The lowest BCUT2D eigenvalue weighted by Crippen LogP contribution is -2.45. The van der Waals surface area contributed by atoms with Crippen molar-refractivity contribution in [1.29, 1.82) is 0 Å². The number of halogens is 2. The molecular formula is C25H26Cl2N4O3. The average Bonchev–Trinajstić information content (AvgIpc) is 3.43. The fourth-order valence-electron chi connectivity index (χ4n) is 4.95. The fourth-order valence-corrected chi connectivity index (χ4v) is 5.30. The highest BCUT2D eigenvalue weighted by Crippen LogP contribution is 2.45. The zero-order valence-electron chi connectivity index (χ0n) is 18.6. The number of carbonyl (C=O) groups is 1. The Morgan fingerprint density at radius 2 is 1.85 bits per heavy atom. The molecule has 9 heteroatoms. The van der Waals surface area contributed by atoms with Crippen LogP contribution >= 0.6 is 23.2 Å². The van der Waals surface area contributed by atoms with Crippen LogP contribution in [0.3, 0.4) is 0 Å². The van der Waals surface area contributed by atoms with Crippen molar-refractivity contribution in [2.45, 2.75) is 38.1 Å². The third-order valence-corrected chi connectivity index (χ3v) is 7.13. The van der Waals surface area contributed by atoms with Gasteiger partial charge in [-0.3, -0.25) is 9.48 Å². The Morgan fingerprint density at radius 3 is 2.59 bits per heavy atom. The van der Waals surface area contributed by atoms with Gasteiger partial charge in [0.1, 0.15) is 17.4 Å². The van der Waals surface area contributed by atoms with Crippen LogP contribution in [0.4, 0.5) is 5.69 Å². The summed E-state index contributed by atoms with van der Waals surface area (Å²) >= 11 is 12.7. The summed E-state index contributed by atoms with van der Waals surface area (Å²) in [6.07, 6.45) is 0.749. The second-order valence-corrected chi connectivity index (χ2v) is 9.52. The Morgan fingerprint density at radius 1 is 1.09 bits per heavy atom. The molecule has 7 nitrogen and oxygen atoms in total. The number of fused-ring (bicyclic) bond motifs is 3. The molecule has 0 bridgehead atoms. The average molecular weight is 501 g/mol. The summed E-state index contributed by atoms with van der Waals surface area (Å²) in [6, 6.07) is 14.6. The van der Waals surface area contributed by atoms with Crippen molar-refractivity contribution >= 4 is 34.8 Å². The summed E-state index contributed by atoms with van der Waals surface area (Å²) in [6.45, 7) is 1.27. The van der Waals surface area contributed by atoms with Gasteiger partial charge in [0.2, 0.25) is 5.91 Å². The first-order chi connectivity index (χ1) is 16.5. The van der Waals surface area contributed by atoms with Crippen LogP contribution < -0.4 is 4.90 Å². The molecule has 2 atom stereocenters. The van der Waals surface area contributed by atoms with Gasteiger partial charge < -0.3 is 20.0 Å². The first-order valence-electron chi connectivity index (χ1n) is 11.5. The molecule has 2 aromatic carbocycles. The molecule has 2 aliphatic heterocycles. The van der Waals surface area contributed by atoms with Gasteiger partial charge in [0.05, 0.1) is 17.3 Å². The third kappa shape index (κ3) is 4.07. The number of hydrogen-bond acceptors (Lipinski definition) is 5. The summed E-state index contributed by atoms with van der Waals surface area (Å²) in [4.78, 5) is 17.1. The Bertz CT molecular complexity index is 1200. The number of aliphatic hydroxyl groups excluding tert-OH is 2. The first-order valence-corrected chi connectivity index (χ1v) is 12.2. The Labute approximate surface area is 208 Å². The second-order valence-electron chi connectivity index (χ2n) is 8.68. The molecule has 0 saturated carbocycles. The maximum atomic E-state index is 13.5. The molecule has 3 aromatic rings. The van der Waals surface area contributed by atoms with E-state index in [1.54, 1.807) is 4.68 Å². The molecule has 0 aliphatic carbocycles. The molecule has 3 heterocycles. The number of hydrogen-bond donors (Lipinski definition) is 2. The van der Waals surface area contributed by atoms with Gasteiger partial charge in [0.15, 0.2) is 6.23 Å². The number of anilines is 1. The Kier molecular flexibility index (Phi) is 6.53. The summed E-state index contributed by atoms with van der Waals surface area (Å²) in [5, 5.41) is 27.1. The predicted molar refractivity (Wildman–Crippen MR) is 132 cm³/mol. The highest BCUT2D eigenvalue weighted by molar-refractivity contribution is 6.33. The standard InChI is InChI=1S/C25H26Cl2N4O3/c26-17-10-8-16(9-11-17)15-31-23-22(21(28-31)18-5-1-2-6-19(18)27)29-12-3-7-20(29)24(33)30(25(23)34)13-4-14-32/h1-2,5-6,8-11,20,25,32,34H,3-4,7,12-15H2/t20?,25-/m1/s1. The van der Waals surface area contributed by atoms with Crippen LogP contribution in [-0.4, -0.2) is 56.5 Å². The van der Waals surface area contributed by atoms with E-state index >= 15 is 0 Å². The Balaban J connectivity index is 1.71. The Hall–Kier alpha value is -2.58. The molecule has 34 heavy (non-hydrogen) atoms. The lowest BCUT2D eigenvalue weighted by Gasteiger charge is -2.29. The first kappa shape index (κ1) is 23.2. The predicted octanol–water partition coefficient (Wildman–Crippen LogP) is 4.09. The van der Waals surface area contributed by atoms with Crippen molar-refractivity contribution in [3.8, 4) is 11.3 Å². The van der Waals surface area contributed by atoms with Crippen LogP contribution in [0, 0.1) is 0 Å².